The summed E-state index contributed by atoms with van der Waals surface area (Å²) < 4.78 is 6.16. The van der Waals surface area contributed by atoms with Crippen LogP contribution in [0.1, 0.15) is 90.9 Å². The van der Waals surface area contributed by atoms with Gasteiger partial charge in [0.05, 0.1) is 0 Å². The van der Waals surface area contributed by atoms with Crippen molar-refractivity contribution in [2.75, 3.05) is 0 Å². The van der Waals surface area contributed by atoms with Gasteiger partial charge in [-0.05, 0) is 64.1 Å². The van der Waals surface area contributed by atoms with Crippen molar-refractivity contribution >= 4 is 45.2 Å². The summed E-state index contributed by atoms with van der Waals surface area (Å²) in [5.74, 6) is 0. The van der Waals surface area contributed by atoms with Crippen molar-refractivity contribution in [1.29, 1.82) is 0 Å². The fraction of sp³-hybridized carbons (Fsp3) is 0.640. The average molecular weight is 689 g/mol. The number of nitrogens with zero attached hydrogens (tertiary/aromatic N) is 7. The van der Waals surface area contributed by atoms with E-state index in [0.717, 1.165) is 55.8 Å². The highest BCUT2D eigenvalue weighted by Crippen LogP contribution is 2.28. The van der Waals surface area contributed by atoms with E-state index in [2.05, 4.69) is 90.7 Å². The maximum atomic E-state index is 4.49. The van der Waals surface area contributed by atoms with Crippen molar-refractivity contribution in [3.63, 3.8) is 0 Å². The van der Waals surface area contributed by atoms with Gasteiger partial charge in [-0.3, -0.25) is 4.98 Å². The number of pyridine rings is 1. The maximum absolute atomic E-state index is 4.49. The second kappa shape index (κ2) is 15.1. The Hall–Kier alpha value is -1.11. The number of aryl methyl sites for hydroxylation is 2. The number of unbranched alkanes of at least 4 members (excludes halogenated alkanes) is 10. The Balaban J connectivity index is 1.61. The first-order valence-corrected chi connectivity index (χ1v) is 14.9. The molecule has 186 valence electrons. The van der Waals surface area contributed by atoms with Crippen molar-refractivity contribution in [3.05, 3.63) is 25.9 Å². The first kappa shape index (κ1) is 27.5. The number of hydrogen-bond donors (Lipinski definition) is 0. The second-order valence-electron chi connectivity index (χ2n) is 8.90. The molecule has 3 rings (SSSR count). The molecule has 0 aromatic carbocycles. The molecular formula is C25H37I2N7. The third-order valence-electron chi connectivity index (χ3n) is 6.08. The molecule has 7 nitrogen and oxygen atoms in total. The summed E-state index contributed by atoms with van der Waals surface area (Å²) in [6, 6.07) is 2.11. The van der Waals surface area contributed by atoms with Crippen LogP contribution in [-0.4, -0.2) is 35.0 Å². The van der Waals surface area contributed by atoms with Crippen LogP contribution < -0.4 is 0 Å². The van der Waals surface area contributed by atoms with Gasteiger partial charge in [-0.25, -0.2) is 9.36 Å². The topological polar surface area (TPSA) is 74.3 Å². The molecule has 0 spiro atoms. The predicted molar refractivity (Wildman–Crippen MR) is 154 cm³/mol. The summed E-state index contributed by atoms with van der Waals surface area (Å²) in [4.78, 5) is 4.49. The van der Waals surface area contributed by atoms with E-state index in [-0.39, 0.29) is 0 Å². The minimum Gasteiger partial charge on any atom is -0.263 e. The molecule has 0 bridgehead atoms. The maximum Gasteiger partial charge on any atom is 0.128 e. The van der Waals surface area contributed by atoms with Gasteiger partial charge < -0.3 is 0 Å². The van der Waals surface area contributed by atoms with Crippen LogP contribution >= 0.6 is 45.2 Å². The highest BCUT2D eigenvalue weighted by atomic mass is 127. The molecule has 0 N–H and O–H groups in total. The molecule has 0 unspecified atom stereocenters. The monoisotopic (exact) mass is 689 g/mol. The number of aromatic nitrogens is 7. The number of hydrogen-bond acceptors (Lipinski definition) is 5. The van der Waals surface area contributed by atoms with E-state index in [0.29, 0.717) is 0 Å². The quantitative estimate of drug-likeness (QED) is 0.115. The summed E-state index contributed by atoms with van der Waals surface area (Å²) in [6.07, 6.45) is 19.0. The lowest BCUT2D eigenvalue weighted by Crippen LogP contribution is -2.03. The van der Waals surface area contributed by atoms with Gasteiger partial charge in [-0.15, -0.1) is 10.2 Å². The fourth-order valence-electron chi connectivity index (χ4n) is 4.03. The third kappa shape index (κ3) is 7.96. The average Bonchev–Trinajstić information content (AvgIpc) is 3.40. The van der Waals surface area contributed by atoms with Crippen molar-refractivity contribution < 1.29 is 0 Å². The summed E-state index contributed by atoms with van der Waals surface area (Å²) >= 11 is 4.71. The van der Waals surface area contributed by atoms with Crippen LogP contribution in [0.3, 0.4) is 0 Å². The van der Waals surface area contributed by atoms with Gasteiger partial charge in [0, 0.05) is 36.6 Å². The first-order valence-electron chi connectivity index (χ1n) is 12.8. The van der Waals surface area contributed by atoms with Crippen LogP contribution in [-0.2, 0) is 13.1 Å². The fourth-order valence-corrected chi connectivity index (χ4v) is 5.54. The summed E-state index contributed by atoms with van der Waals surface area (Å²) in [5, 5.41) is 17.8. The minimum absolute atomic E-state index is 0.885. The van der Waals surface area contributed by atoms with Gasteiger partial charge in [0.15, 0.2) is 0 Å². The van der Waals surface area contributed by atoms with Gasteiger partial charge in [-0.1, -0.05) is 88.5 Å². The standard InChI is InChI=1S/C25H37I2N7/c1-3-5-7-9-11-13-15-33-24(26)22(29-31-33)20-17-21(19-28-18-20)23-25(27)34(32-30-23)16-14-12-10-8-6-4-2/h17-19H,3-16H2,1-2H3. The molecule has 3 aromatic heterocycles. The summed E-state index contributed by atoms with van der Waals surface area (Å²) in [6.45, 7) is 6.33. The largest absolute Gasteiger partial charge is 0.263 e. The van der Waals surface area contributed by atoms with Gasteiger partial charge in [-0.2, -0.15) is 0 Å². The molecule has 0 atom stereocenters. The molecular weight excluding hydrogens is 652 g/mol. The molecule has 0 aliphatic rings. The van der Waals surface area contributed by atoms with Gasteiger partial charge >= 0.3 is 0 Å². The van der Waals surface area contributed by atoms with Crippen LogP contribution in [0.5, 0.6) is 0 Å². The Morgan fingerprint density at radius 3 is 1.47 bits per heavy atom. The molecule has 0 aliphatic carbocycles. The van der Waals surface area contributed by atoms with Crippen molar-refractivity contribution in [1.82, 2.24) is 35.0 Å². The Labute approximate surface area is 231 Å². The Bertz CT molecular complexity index is 924. The zero-order chi connectivity index (χ0) is 24.2. The smallest absolute Gasteiger partial charge is 0.128 e. The zero-order valence-electron chi connectivity index (χ0n) is 20.5. The lowest BCUT2D eigenvalue weighted by atomic mass is 10.1. The predicted octanol–water partition coefficient (Wildman–Crippen LogP) is 7.53. The molecule has 9 heteroatoms. The Morgan fingerprint density at radius 1 is 0.618 bits per heavy atom. The summed E-state index contributed by atoms with van der Waals surface area (Å²) in [7, 11) is 0. The molecule has 3 aromatic rings. The van der Waals surface area contributed by atoms with Crippen LogP contribution in [0, 0.1) is 7.40 Å². The zero-order valence-corrected chi connectivity index (χ0v) is 24.8. The molecule has 0 aliphatic heterocycles. The van der Waals surface area contributed by atoms with Gasteiger partial charge in [0.2, 0.25) is 0 Å². The molecule has 3 heterocycles. The van der Waals surface area contributed by atoms with Crippen molar-refractivity contribution in [2.45, 2.75) is 104 Å². The van der Waals surface area contributed by atoms with E-state index in [9.17, 15) is 0 Å². The second-order valence-corrected chi connectivity index (χ2v) is 10.9. The molecule has 0 radical (unpaired) electrons. The molecule has 0 amide bonds. The molecule has 0 saturated heterocycles. The SMILES string of the molecule is CCCCCCCCn1nnc(-c2cncc(-c3nnn(CCCCCCCC)c3I)c2)c1I. The number of halogens is 2. The van der Waals surface area contributed by atoms with Crippen LogP contribution in [0.2, 0.25) is 0 Å². The first-order chi connectivity index (χ1) is 16.7. The highest BCUT2D eigenvalue weighted by molar-refractivity contribution is 14.1. The molecule has 0 fully saturated rings. The van der Waals surface area contributed by atoms with E-state index in [1.807, 2.05) is 21.8 Å². The van der Waals surface area contributed by atoms with E-state index in [1.165, 1.54) is 64.2 Å². The van der Waals surface area contributed by atoms with Crippen molar-refractivity contribution in [2.24, 2.45) is 0 Å². The van der Waals surface area contributed by atoms with E-state index in [1.54, 1.807) is 0 Å². The Morgan fingerprint density at radius 2 is 1.03 bits per heavy atom. The van der Waals surface area contributed by atoms with E-state index >= 15 is 0 Å². The van der Waals surface area contributed by atoms with E-state index < -0.39 is 0 Å². The minimum atomic E-state index is 0.885. The lowest BCUT2D eigenvalue weighted by molar-refractivity contribution is 0.510. The molecule has 34 heavy (non-hydrogen) atoms. The third-order valence-corrected chi connectivity index (χ3v) is 8.22. The van der Waals surface area contributed by atoms with Crippen LogP contribution in [0.15, 0.2) is 18.5 Å². The van der Waals surface area contributed by atoms with E-state index in [4.69, 9.17) is 0 Å². The normalized spacial score (nSPS) is 11.4. The van der Waals surface area contributed by atoms with Crippen LogP contribution in [0.4, 0.5) is 0 Å². The van der Waals surface area contributed by atoms with Crippen LogP contribution in [0.25, 0.3) is 22.5 Å². The lowest BCUT2D eigenvalue weighted by Gasteiger charge is -2.05. The Kier molecular flexibility index (Phi) is 12.2. The van der Waals surface area contributed by atoms with Crippen molar-refractivity contribution in [3.8, 4) is 22.5 Å². The molecule has 0 saturated carbocycles. The number of rotatable bonds is 16. The van der Waals surface area contributed by atoms with Gasteiger partial charge in [0.1, 0.15) is 18.8 Å². The highest BCUT2D eigenvalue weighted by Gasteiger charge is 2.17. The van der Waals surface area contributed by atoms with Gasteiger partial charge in [0.25, 0.3) is 0 Å². The summed E-state index contributed by atoms with van der Waals surface area (Å²) in [5.41, 5.74) is 3.71.